The van der Waals surface area contributed by atoms with Crippen LogP contribution < -0.4 is 0 Å². The molecule has 1 aliphatic carbocycles. The molecule has 2 aromatic rings. The minimum Gasteiger partial charge on any atom is -0.340 e. The maximum Gasteiger partial charge on any atom is 0.416 e. The van der Waals surface area contributed by atoms with Gasteiger partial charge in [0.05, 0.1) is 27.7 Å². The number of hydrogen-bond acceptors (Lipinski definition) is 4. The lowest BCUT2D eigenvalue weighted by Crippen LogP contribution is -2.51. The van der Waals surface area contributed by atoms with Crippen LogP contribution in [0.15, 0.2) is 47.4 Å². The molecule has 192 valence electrons. The third-order valence-corrected chi connectivity index (χ3v) is 8.20. The summed E-state index contributed by atoms with van der Waals surface area (Å²) < 4.78 is 105. The first-order valence-electron chi connectivity index (χ1n) is 10.8. The van der Waals surface area contributed by atoms with Gasteiger partial charge in [-0.15, -0.1) is 0 Å². The summed E-state index contributed by atoms with van der Waals surface area (Å²) in [5.41, 5.74) is -1.87. The molecule has 1 amide bonds. The quantitative estimate of drug-likeness (QED) is 0.553. The second kappa shape index (κ2) is 9.08. The highest BCUT2D eigenvalue weighted by Crippen LogP contribution is 2.49. The summed E-state index contributed by atoms with van der Waals surface area (Å²) in [6.07, 6.45) is -8.83. The molecule has 1 aliphatic heterocycles. The number of carbonyl (C=O) groups is 1. The van der Waals surface area contributed by atoms with Crippen molar-refractivity contribution in [2.75, 3.05) is 26.2 Å². The van der Waals surface area contributed by atoms with Gasteiger partial charge in [-0.25, -0.2) is 8.42 Å². The van der Waals surface area contributed by atoms with Crippen LogP contribution in [0.4, 0.5) is 26.3 Å². The monoisotopic (exact) mass is 531 g/mol. The van der Waals surface area contributed by atoms with Crippen molar-refractivity contribution < 1.29 is 39.6 Å². The Morgan fingerprint density at radius 3 is 2.00 bits per heavy atom. The molecule has 0 radical (unpaired) electrons. The molecule has 4 rings (SSSR count). The molecule has 1 saturated carbocycles. The minimum atomic E-state index is -4.84. The van der Waals surface area contributed by atoms with Crippen LogP contribution in [-0.4, -0.2) is 49.7 Å². The van der Waals surface area contributed by atoms with Crippen molar-refractivity contribution >= 4 is 15.9 Å². The van der Waals surface area contributed by atoms with Crippen LogP contribution >= 0.6 is 0 Å². The summed E-state index contributed by atoms with van der Waals surface area (Å²) >= 11 is 0. The normalized spacial score (nSPS) is 21.2. The molecule has 2 aromatic carbocycles. The molecule has 2 atom stereocenters. The molecule has 0 bridgehead atoms. The fourth-order valence-electron chi connectivity index (χ4n) is 4.26. The van der Waals surface area contributed by atoms with Gasteiger partial charge in [0, 0.05) is 32.1 Å². The summed E-state index contributed by atoms with van der Waals surface area (Å²) in [5.74, 6) is -0.898. The average Bonchev–Trinajstić information content (AvgIpc) is 3.63. The van der Waals surface area contributed by atoms with Gasteiger partial charge in [0.25, 0.3) is 0 Å². The number of piperazine rings is 1. The number of hydrogen-bond donors (Lipinski definition) is 0. The zero-order valence-corrected chi connectivity index (χ0v) is 19.3. The van der Waals surface area contributed by atoms with E-state index in [2.05, 4.69) is 0 Å². The molecular formula is C23H19F6N3O3S. The molecule has 1 saturated heterocycles. The van der Waals surface area contributed by atoms with E-state index in [1.54, 1.807) is 0 Å². The molecule has 0 N–H and O–H groups in total. The Kier molecular flexibility index (Phi) is 6.55. The average molecular weight is 531 g/mol. The van der Waals surface area contributed by atoms with Crippen LogP contribution in [0.5, 0.6) is 0 Å². The molecule has 2 aliphatic rings. The van der Waals surface area contributed by atoms with Gasteiger partial charge in [-0.05, 0) is 48.2 Å². The number of nitriles is 1. The number of carbonyl (C=O) groups excluding carboxylic acids is 1. The largest absolute Gasteiger partial charge is 0.416 e. The fourth-order valence-corrected chi connectivity index (χ4v) is 5.76. The number of rotatable bonds is 4. The summed E-state index contributed by atoms with van der Waals surface area (Å²) in [6.45, 7) is -0.273. The highest BCUT2D eigenvalue weighted by atomic mass is 32.2. The third kappa shape index (κ3) is 5.19. The number of amides is 1. The van der Waals surface area contributed by atoms with Crippen molar-refractivity contribution in [1.82, 2.24) is 9.21 Å². The van der Waals surface area contributed by atoms with Crippen LogP contribution in [0, 0.1) is 17.2 Å². The van der Waals surface area contributed by atoms with E-state index in [1.165, 1.54) is 23.1 Å². The molecule has 13 heteroatoms. The Morgan fingerprint density at radius 1 is 0.889 bits per heavy atom. The maximum atomic E-state index is 13.2. The minimum absolute atomic E-state index is 0.0123. The van der Waals surface area contributed by atoms with Gasteiger partial charge in [-0.3, -0.25) is 4.79 Å². The van der Waals surface area contributed by atoms with Gasteiger partial charge in [-0.2, -0.15) is 35.9 Å². The Hall–Kier alpha value is -3.11. The second-order valence-electron chi connectivity index (χ2n) is 8.65. The summed E-state index contributed by atoms with van der Waals surface area (Å²) in [6, 6.07) is 8.07. The first kappa shape index (κ1) is 26.0. The van der Waals surface area contributed by atoms with Crippen molar-refractivity contribution in [3.05, 3.63) is 64.7 Å². The zero-order valence-electron chi connectivity index (χ0n) is 18.5. The van der Waals surface area contributed by atoms with Crippen molar-refractivity contribution in [3.8, 4) is 6.07 Å². The van der Waals surface area contributed by atoms with Crippen LogP contribution in [-0.2, 0) is 27.2 Å². The molecule has 2 unspecified atom stereocenters. The van der Waals surface area contributed by atoms with E-state index in [0.717, 1.165) is 22.5 Å². The van der Waals surface area contributed by atoms with Gasteiger partial charge < -0.3 is 4.90 Å². The van der Waals surface area contributed by atoms with Crippen LogP contribution in [0.2, 0.25) is 0 Å². The standard InChI is InChI=1S/C23H19F6N3O3S/c24-22(25,26)16-3-1-15(2-4-16)19-12-20(19)21(33)31-5-7-32(8-6-31)36(34,35)18-10-14(13-30)9-17(11-18)23(27,28)29/h1-4,9-11,19-20H,5-8,12H2. The van der Waals surface area contributed by atoms with E-state index in [4.69, 9.17) is 5.26 Å². The molecule has 6 nitrogen and oxygen atoms in total. The lowest BCUT2D eigenvalue weighted by molar-refractivity contribution is -0.138. The number of nitrogens with zero attached hydrogens (tertiary/aromatic N) is 3. The van der Waals surface area contributed by atoms with Crippen LogP contribution in [0.1, 0.15) is 34.6 Å². The van der Waals surface area contributed by atoms with E-state index in [1.807, 2.05) is 0 Å². The van der Waals surface area contributed by atoms with Crippen molar-refractivity contribution in [3.63, 3.8) is 0 Å². The van der Waals surface area contributed by atoms with E-state index in [0.29, 0.717) is 24.1 Å². The molecule has 1 heterocycles. The highest BCUT2D eigenvalue weighted by Gasteiger charge is 2.47. The zero-order chi connectivity index (χ0) is 26.5. The molecular weight excluding hydrogens is 512 g/mol. The predicted octanol–water partition coefficient (Wildman–Crippen LogP) is 4.23. The molecule has 0 spiro atoms. The van der Waals surface area contributed by atoms with Gasteiger partial charge in [0.1, 0.15) is 0 Å². The summed E-state index contributed by atoms with van der Waals surface area (Å²) in [4.78, 5) is 13.6. The number of sulfonamides is 1. The van der Waals surface area contributed by atoms with Gasteiger partial charge in [0.15, 0.2) is 0 Å². The highest BCUT2D eigenvalue weighted by molar-refractivity contribution is 7.89. The van der Waals surface area contributed by atoms with Crippen molar-refractivity contribution in [2.24, 2.45) is 5.92 Å². The molecule has 36 heavy (non-hydrogen) atoms. The van der Waals surface area contributed by atoms with E-state index < -0.39 is 49.9 Å². The first-order valence-corrected chi connectivity index (χ1v) is 12.2. The van der Waals surface area contributed by atoms with Gasteiger partial charge in [0.2, 0.25) is 15.9 Å². The lowest BCUT2D eigenvalue weighted by atomic mass is 10.1. The Morgan fingerprint density at radius 2 is 1.47 bits per heavy atom. The second-order valence-corrected chi connectivity index (χ2v) is 10.6. The molecule has 2 fully saturated rings. The van der Waals surface area contributed by atoms with E-state index in [-0.39, 0.29) is 38.0 Å². The Balaban J connectivity index is 1.40. The van der Waals surface area contributed by atoms with Crippen LogP contribution in [0.3, 0.4) is 0 Å². The predicted molar refractivity (Wildman–Crippen MR) is 114 cm³/mol. The third-order valence-electron chi connectivity index (χ3n) is 6.32. The first-order chi connectivity index (χ1) is 16.7. The van der Waals surface area contributed by atoms with Gasteiger partial charge in [-0.1, -0.05) is 12.1 Å². The van der Waals surface area contributed by atoms with Crippen molar-refractivity contribution in [1.29, 1.82) is 5.26 Å². The number of halogens is 6. The number of benzene rings is 2. The molecule has 0 aromatic heterocycles. The van der Waals surface area contributed by atoms with Crippen molar-refractivity contribution in [2.45, 2.75) is 29.6 Å². The lowest BCUT2D eigenvalue weighted by Gasteiger charge is -2.34. The summed E-state index contributed by atoms with van der Waals surface area (Å²) in [7, 11) is -4.35. The van der Waals surface area contributed by atoms with E-state index in [9.17, 15) is 39.6 Å². The SMILES string of the molecule is N#Cc1cc(C(F)(F)F)cc(S(=O)(=O)N2CCN(C(=O)C3CC3c3ccc(C(F)(F)F)cc3)CC2)c1. The fraction of sp³-hybridized carbons (Fsp3) is 0.391. The Labute approximate surface area is 202 Å². The van der Waals surface area contributed by atoms with E-state index >= 15 is 0 Å². The van der Waals surface area contributed by atoms with Crippen LogP contribution in [0.25, 0.3) is 0 Å². The number of alkyl halides is 6. The topological polar surface area (TPSA) is 81.5 Å². The summed E-state index contributed by atoms with van der Waals surface area (Å²) in [5, 5.41) is 9.01. The smallest absolute Gasteiger partial charge is 0.340 e. The van der Waals surface area contributed by atoms with Gasteiger partial charge >= 0.3 is 12.4 Å². The Bertz CT molecular complexity index is 1310. The maximum absolute atomic E-state index is 13.2.